The zero-order valence-corrected chi connectivity index (χ0v) is 10.8. The fraction of sp³-hybridized carbons (Fsp3) is 0.429. The maximum Gasteiger partial charge on any atom is 0.308 e. The van der Waals surface area contributed by atoms with E-state index >= 15 is 0 Å². The Kier molecular flexibility index (Phi) is 5.52. The third-order valence-corrected chi connectivity index (χ3v) is 2.56. The van der Waals surface area contributed by atoms with Crippen LogP contribution in [0.1, 0.15) is 25.8 Å². The average Bonchev–Trinajstić information content (AvgIpc) is 2.36. The Morgan fingerprint density at radius 3 is 2.39 bits per heavy atom. The minimum absolute atomic E-state index is 0.0656. The van der Waals surface area contributed by atoms with Gasteiger partial charge in [0.05, 0.1) is 12.5 Å². The van der Waals surface area contributed by atoms with Crippen LogP contribution in [0.2, 0.25) is 0 Å². The zero-order valence-electron chi connectivity index (χ0n) is 10.8. The van der Waals surface area contributed by atoms with E-state index in [0.717, 1.165) is 5.56 Å². The summed E-state index contributed by atoms with van der Waals surface area (Å²) in [7, 11) is 0. The molecule has 98 valence electrons. The van der Waals surface area contributed by atoms with Gasteiger partial charge in [-0.3, -0.25) is 9.59 Å². The molecule has 1 aromatic rings. The lowest BCUT2D eigenvalue weighted by Crippen LogP contribution is -2.36. The number of carbonyl (C=O) groups excluding carboxylic acids is 2. The fourth-order valence-corrected chi connectivity index (χ4v) is 1.51. The van der Waals surface area contributed by atoms with Gasteiger partial charge in [0.2, 0.25) is 0 Å². The molecule has 1 atom stereocenters. The number of nitrogens with two attached hydrogens (primary N) is 1. The Bertz CT molecular complexity index is 401. The normalized spacial score (nSPS) is 12.2. The Labute approximate surface area is 107 Å². The van der Waals surface area contributed by atoms with Gasteiger partial charge in [-0.25, -0.2) is 0 Å². The summed E-state index contributed by atoms with van der Waals surface area (Å²) >= 11 is 0. The summed E-state index contributed by atoms with van der Waals surface area (Å²) in [6, 6.07) is 8.60. The zero-order chi connectivity index (χ0) is 13.5. The smallest absolute Gasteiger partial charge is 0.308 e. The summed E-state index contributed by atoms with van der Waals surface area (Å²) in [6.07, 6.45) is -0.0656. The fourth-order valence-electron chi connectivity index (χ4n) is 1.51. The molecule has 0 aliphatic heterocycles. The monoisotopic (exact) mass is 249 g/mol. The molecule has 1 rings (SSSR count). The van der Waals surface area contributed by atoms with Crippen LogP contribution in [0.25, 0.3) is 0 Å². The first-order valence-corrected chi connectivity index (χ1v) is 5.99. The van der Waals surface area contributed by atoms with Gasteiger partial charge in [0.1, 0.15) is 6.61 Å². The molecule has 0 radical (unpaired) electrons. The molecule has 0 saturated heterocycles. The molecule has 0 aliphatic carbocycles. The van der Waals surface area contributed by atoms with Crippen LogP contribution in [-0.2, 0) is 20.9 Å². The predicted molar refractivity (Wildman–Crippen MR) is 68.7 cm³/mol. The standard InChI is InChI=1S/C14H19NO3/c1-10(2)14(17)12(15)8-13(16)18-9-11-6-4-3-5-7-11/h3-7,10,12H,8-9,15H2,1-2H3. The molecule has 4 heteroatoms. The van der Waals surface area contributed by atoms with Crippen LogP contribution in [0.15, 0.2) is 30.3 Å². The van der Waals surface area contributed by atoms with Crippen molar-refractivity contribution in [1.29, 1.82) is 0 Å². The number of ketones is 1. The van der Waals surface area contributed by atoms with Gasteiger partial charge in [-0.15, -0.1) is 0 Å². The second-order valence-corrected chi connectivity index (χ2v) is 4.51. The van der Waals surface area contributed by atoms with Crippen LogP contribution in [0, 0.1) is 5.92 Å². The lowest BCUT2D eigenvalue weighted by atomic mass is 10.0. The Balaban J connectivity index is 2.36. The third kappa shape index (κ3) is 4.67. The lowest BCUT2D eigenvalue weighted by Gasteiger charge is -2.12. The second kappa shape index (κ2) is 6.91. The lowest BCUT2D eigenvalue weighted by molar-refractivity contribution is -0.146. The Morgan fingerprint density at radius 1 is 1.22 bits per heavy atom. The number of carbonyl (C=O) groups is 2. The first-order chi connectivity index (χ1) is 8.50. The van der Waals surface area contributed by atoms with Crippen molar-refractivity contribution < 1.29 is 14.3 Å². The largest absolute Gasteiger partial charge is 0.461 e. The average molecular weight is 249 g/mol. The number of esters is 1. The quantitative estimate of drug-likeness (QED) is 0.779. The van der Waals surface area contributed by atoms with Gasteiger partial charge in [0, 0.05) is 5.92 Å². The van der Waals surface area contributed by atoms with Crippen LogP contribution in [0.5, 0.6) is 0 Å². The van der Waals surface area contributed by atoms with E-state index < -0.39 is 12.0 Å². The van der Waals surface area contributed by atoms with Crippen molar-refractivity contribution in [2.24, 2.45) is 11.7 Å². The molecule has 2 N–H and O–H groups in total. The molecule has 0 spiro atoms. The van der Waals surface area contributed by atoms with Crippen LogP contribution >= 0.6 is 0 Å². The van der Waals surface area contributed by atoms with Crippen molar-refractivity contribution in [2.75, 3.05) is 0 Å². The maximum atomic E-state index is 11.5. The van der Waals surface area contributed by atoms with Gasteiger partial charge in [0.15, 0.2) is 5.78 Å². The number of hydrogen-bond donors (Lipinski definition) is 1. The van der Waals surface area contributed by atoms with Gasteiger partial charge in [-0.05, 0) is 5.56 Å². The van der Waals surface area contributed by atoms with E-state index in [0.29, 0.717) is 0 Å². The Morgan fingerprint density at radius 2 is 1.83 bits per heavy atom. The van der Waals surface area contributed by atoms with E-state index in [-0.39, 0.29) is 24.7 Å². The van der Waals surface area contributed by atoms with Crippen molar-refractivity contribution >= 4 is 11.8 Å². The van der Waals surface area contributed by atoms with Crippen LogP contribution in [-0.4, -0.2) is 17.8 Å². The Hall–Kier alpha value is -1.68. The molecule has 18 heavy (non-hydrogen) atoms. The summed E-state index contributed by atoms with van der Waals surface area (Å²) in [5.74, 6) is -0.728. The molecule has 0 fully saturated rings. The summed E-state index contributed by atoms with van der Waals surface area (Å²) in [5, 5.41) is 0. The van der Waals surface area contributed by atoms with E-state index in [1.54, 1.807) is 13.8 Å². The van der Waals surface area contributed by atoms with E-state index in [4.69, 9.17) is 10.5 Å². The molecular formula is C14H19NO3. The minimum Gasteiger partial charge on any atom is -0.461 e. The van der Waals surface area contributed by atoms with Gasteiger partial charge < -0.3 is 10.5 Å². The highest BCUT2D eigenvalue weighted by Crippen LogP contribution is 2.05. The minimum atomic E-state index is -0.770. The predicted octanol–water partition coefficient (Wildman–Crippen LogP) is 1.67. The molecule has 1 unspecified atom stereocenters. The summed E-state index contributed by atoms with van der Waals surface area (Å²) in [4.78, 5) is 23.0. The third-order valence-electron chi connectivity index (χ3n) is 2.56. The van der Waals surface area contributed by atoms with Crippen LogP contribution < -0.4 is 5.73 Å². The number of hydrogen-bond acceptors (Lipinski definition) is 4. The highest BCUT2D eigenvalue weighted by molar-refractivity contribution is 5.89. The molecule has 0 amide bonds. The molecular weight excluding hydrogens is 230 g/mol. The molecule has 0 heterocycles. The van der Waals surface area contributed by atoms with Crippen molar-refractivity contribution in [2.45, 2.75) is 32.9 Å². The van der Waals surface area contributed by atoms with Crippen LogP contribution in [0.3, 0.4) is 0 Å². The number of Topliss-reactive ketones (excluding diaryl/α,β-unsaturated/α-hetero) is 1. The van der Waals surface area contributed by atoms with Gasteiger partial charge >= 0.3 is 5.97 Å². The van der Waals surface area contributed by atoms with Gasteiger partial charge in [0.25, 0.3) is 0 Å². The van der Waals surface area contributed by atoms with E-state index in [9.17, 15) is 9.59 Å². The van der Waals surface area contributed by atoms with E-state index in [1.165, 1.54) is 0 Å². The van der Waals surface area contributed by atoms with Crippen molar-refractivity contribution in [3.8, 4) is 0 Å². The molecule has 0 bridgehead atoms. The van der Waals surface area contributed by atoms with E-state index in [2.05, 4.69) is 0 Å². The molecule has 0 saturated carbocycles. The van der Waals surface area contributed by atoms with Gasteiger partial charge in [-0.1, -0.05) is 44.2 Å². The first-order valence-electron chi connectivity index (χ1n) is 5.99. The van der Waals surface area contributed by atoms with Crippen LogP contribution in [0.4, 0.5) is 0 Å². The van der Waals surface area contributed by atoms with Crippen molar-refractivity contribution in [3.05, 3.63) is 35.9 Å². The molecule has 0 aromatic heterocycles. The maximum absolute atomic E-state index is 11.5. The summed E-state index contributed by atoms with van der Waals surface area (Å²) < 4.78 is 5.06. The molecule has 1 aromatic carbocycles. The summed E-state index contributed by atoms with van der Waals surface area (Å²) in [6.45, 7) is 3.73. The van der Waals surface area contributed by atoms with Crippen molar-refractivity contribution in [3.63, 3.8) is 0 Å². The summed E-state index contributed by atoms with van der Waals surface area (Å²) in [5.41, 5.74) is 6.55. The number of ether oxygens (including phenoxy) is 1. The van der Waals surface area contributed by atoms with Crippen molar-refractivity contribution in [1.82, 2.24) is 0 Å². The van der Waals surface area contributed by atoms with E-state index in [1.807, 2.05) is 30.3 Å². The topological polar surface area (TPSA) is 69.4 Å². The second-order valence-electron chi connectivity index (χ2n) is 4.51. The molecule has 4 nitrogen and oxygen atoms in total. The SMILES string of the molecule is CC(C)C(=O)C(N)CC(=O)OCc1ccccc1. The highest BCUT2D eigenvalue weighted by atomic mass is 16.5. The van der Waals surface area contributed by atoms with Gasteiger partial charge in [-0.2, -0.15) is 0 Å². The molecule has 0 aliphatic rings. The highest BCUT2D eigenvalue weighted by Gasteiger charge is 2.20. The number of rotatable bonds is 6. The number of benzene rings is 1. The first kappa shape index (κ1) is 14.4.